The number of nitrogens with one attached hydrogen (secondary N) is 1. The van der Waals surface area contributed by atoms with Crippen molar-refractivity contribution in [2.75, 3.05) is 11.1 Å². The van der Waals surface area contributed by atoms with Crippen molar-refractivity contribution in [3.8, 4) is 0 Å². The third-order valence-electron chi connectivity index (χ3n) is 2.02. The minimum absolute atomic E-state index is 0.311. The Morgan fingerprint density at radius 2 is 2.07 bits per heavy atom. The number of nitrogens with zero attached hydrogens (tertiary/aromatic N) is 2. The SMILES string of the molecule is CC(C)CC(C)Nc1ncnc(N)c1Cl. The highest BCUT2D eigenvalue weighted by atomic mass is 35.5. The molecule has 1 unspecified atom stereocenters. The van der Waals surface area contributed by atoms with Crippen LogP contribution in [0.4, 0.5) is 11.6 Å². The average molecular weight is 229 g/mol. The van der Waals surface area contributed by atoms with Crippen molar-refractivity contribution in [1.82, 2.24) is 9.97 Å². The third-order valence-corrected chi connectivity index (χ3v) is 2.40. The standard InChI is InChI=1S/C10H17ClN4/c1-6(2)4-7(3)15-10-8(11)9(12)13-5-14-10/h5-7H,4H2,1-3H3,(H3,12,13,14,15). The van der Waals surface area contributed by atoms with Crippen molar-refractivity contribution >= 4 is 23.2 Å². The molecule has 0 saturated carbocycles. The van der Waals surface area contributed by atoms with Gasteiger partial charge < -0.3 is 11.1 Å². The zero-order valence-electron chi connectivity index (χ0n) is 9.29. The molecule has 15 heavy (non-hydrogen) atoms. The lowest BCUT2D eigenvalue weighted by Crippen LogP contribution is -2.18. The van der Waals surface area contributed by atoms with Crippen LogP contribution >= 0.6 is 11.6 Å². The van der Waals surface area contributed by atoms with Gasteiger partial charge in [-0.2, -0.15) is 0 Å². The zero-order valence-corrected chi connectivity index (χ0v) is 10.0. The van der Waals surface area contributed by atoms with Crippen molar-refractivity contribution in [3.05, 3.63) is 11.3 Å². The Labute approximate surface area is 95.3 Å². The Bertz CT molecular complexity index is 327. The summed E-state index contributed by atoms with van der Waals surface area (Å²) < 4.78 is 0. The molecule has 0 bridgehead atoms. The Hall–Kier alpha value is -1.03. The van der Waals surface area contributed by atoms with Gasteiger partial charge in [0.1, 0.15) is 17.2 Å². The van der Waals surface area contributed by atoms with Crippen LogP contribution in [0.3, 0.4) is 0 Å². The number of aromatic nitrogens is 2. The minimum atomic E-state index is 0.311. The summed E-state index contributed by atoms with van der Waals surface area (Å²) in [6.07, 6.45) is 2.46. The number of nitrogens with two attached hydrogens (primary N) is 1. The first-order chi connectivity index (χ1) is 7.00. The molecule has 0 saturated heterocycles. The fourth-order valence-corrected chi connectivity index (χ4v) is 1.64. The van der Waals surface area contributed by atoms with Gasteiger partial charge in [0, 0.05) is 6.04 Å². The van der Waals surface area contributed by atoms with Crippen LogP contribution < -0.4 is 11.1 Å². The maximum Gasteiger partial charge on any atom is 0.150 e. The number of hydrogen-bond donors (Lipinski definition) is 2. The average Bonchev–Trinajstić information content (AvgIpc) is 2.11. The van der Waals surface area contributed by atoms with Gasteiger partial charge in [0.05, 0.1) is 0 Å². The van der Waals surface area contributed by atoms with Crippen LogP contribution in [-0.2, 0) is 0 Å². The summed E-state index contributed by atoms with van der Waals surface area (Å²) in [4.78, 5) is 7.85. The summed E-state index contributed by atoms with van der Waals surface area (Å²) >= 11 is 5.96. The molecule has 0 amide bonds. The summed E-state index contributed by atoms with van der Waals surface area (Å²) in [5.41, 5.74) is 5.57. The first-order valence-electron chi connectivity index (χ1n) is 5.03. The summed E-state index contributed by atoms with van der Waals surface area (Å²) in [7, 11) is 0. The van der Waals surface area contributed by atoms with Crippen molar-refractivity contribution in [2.24, 2.45) is 5.92 Å². The van der Waals surface area contributed by atoms with Gasteiger partial charge in [-0.1, -0.05) is 25.4 Å². The Balaban J connectivity index is 2.68. The van der Waals surface area contributed by atoms with E-state index in [0.29, 0.717) is 28.6 Å². The number of nitrogen functional groups attached to an aromatic ring is 1. The topological polar surface area (TPSA) is 63.8 Å². The monoisotopic (exact) mass is 228 g/mol. The van der Waals surface area contributed by atoms with E-state index in [0.717, 1.165) is 6.42 Å². The highest BCUT2D eigenvalue weighted by molar-refractivity contribution is 6.35. The normalized spacial score (nSPS) is 12.9. The van der Waals surface area contributed by atoms with Crippen LogP contribution in [0.25, 0.3) is 0 Å². The van der Waals surface area contributed by atoms with Crippen LogP contribution in [0.15, 0.2) is 6.33 Å². The molecule has 0 fully saturated rings. The van der Waals surface area contributed by atoms with Crippen LogP contribution in [0.1, 0.15) is 27.2 Å². The molecule has 0 spiro atoms. The van der Waals surface area contributed by atoms with Crippen molar-refractivity contribution in [3.63, 3.8) is 0 Å². The highest BCUT2D eigenvalue weighted by Gasteiger charge is 2.10. The summed E-state index contributed by atoms with van der Waals surface area (Å²) in [6.45, 7) is 6.44. The van der Waals surface area contributed by atoms with Gasteiger partial charge in [0.15, 0.2) is 5.82 Å². The zero-order chi connectivity index (χ0) is 11.4. The molecule has 1 atom stereocenters. The van der Waals surface area contributed by atoms with E-state index in [-0.39, 0.29) is 0 Å². The van der Waals surface area contributed by atoms with Crippen molar-refractivity contribution in [1.29, 1.82) is 0 Å². The second-order valence-electron chi connectivity index (χ2n) is 4.10. The fourth-order valence-electron chi connectivity index (χ4n) is 1.48. The summed E-state index contributed by atoms with van der Waals surface area (Å²) in [5.74, 6) is 1.55. The molecule has 0 aliphatic rings. The van der Waals surface area contributed by atoms with Crippen LogP contribution in [0.5, 0.6) is 0 Å². The number of hydrogen-bond acceptors (Lipinski definition) is 4. The molecule has 3 N–H and O–H groups in total. The van der Waals surface area contributed by atoms with Crippen LogP contribution in [-0.4, -0.2) is 16.0 Å². The van der Waals surface area contributed by atoms with Crippen LogP contribution in [0.2, 0.25) is 5.02 Å². The predicted molar refractivity (Wildman–Crippen MR) is 64.0 cm³/mol. The van der Waals surface area contributed by atoms with E-state index in [1.54, 1.807) is 0 Å². The quantitative estimate of drug-likeness (QED) is 0.832. The van der Waals surface area contributed by atoms with E-state index >= 15 is 0 Å². The van der Waals surface area contributed by atoms with E-state index in [2.05, 4.69) is 36.1 Å². The van der Waals surface area contributed by atoms with Gasteiger partial charge in [0.25, 0.3) is 0 Å². The first kappa shape index (κ1) is 12.0. The number of halogens is 1. The molecule has 0 radical (unpaired) electrons. The van der Waals surface area contributed by atoms with Gasteiger partial charge in [-0.25, -0.2) is 9.97 Å². The lowest BCUT2D eigenvalue weighted by molar-refractivity contribution is 0.539. The van der Waals surface area contributed by atoms with Crippen LogP contribution in [0, 0.1) is 5.92 Å². The minimum Gasteiger partial charge on any atom is -0.382 e. The molecular weight excluding hydrogens is 212 g/mol. The second kappa shape index (κ2) is 5.16. The van der Waals surface area contributed by atoms with E-state index in [4.69, 9.17) is 17.3 Å². The molecule has 1 rings (SSSR count). The maximum absolute atomic E-state index is 5.96. The van der Waals surface area contributed by atoms with Gasteiger partial charge in [0.2, 0.25) is 0 Å². The molecule has 0 aliphatic heterocycles. The van der Waals surface area contributed by atoms with Crippen molar-refractivity contribution in [2.45, 2.75) is 33.2 Å². The predicted octanol–water partition coefficient (Wildman–Crippen LogP) is 2.56. The molecular formula is C10H17ClN4. The van der Waals surface area contributed by atoms with Gasteiger partial charge in [-0.15, -0.1) is 0 Å². The van der Waals surface area contributed by atoms with Gasteiger partial charge >= 0.3 is 0 Å². The Morgan fingerprint density at radius 1 is 1.40 bits per heavy atom. The largest absolute Gasteiger partial charge is 0.382 e. The first-order valence-corrected chi connectivity index (χ1v) is 5.41. The number of rotatable bonds is 4. The summed E-state index contributed by atoms with van der Waals surface area (Å²) in [6, 6.07) is 0.316. The van der Waals surface area contributed by atoms with Gasteiger partial charge in [-0.05, 0) is 19.3 Å². The Kier molecular flexibility index (Phi) is 4.15. The molecule has 1 heterocycles. The molecule has 1 aromatic rings. The maximum atomic E-state index is 5.96. The van der Waals surface area contributed by atoms with Gasteiger partial charge in [-0.3, -0.25) is 0 Å². The van der Waals surface area contributed by atoms with Crippen molar-refractivity contribution < 1.29 is 0 Å². The summed E-state index contributed by atoms with van der Waals surface area (Å²) in [5, 5.41) is 3.62. The molecule has 4 nitrogen and oxygen atoms in total. The van der Waals surface area contributed by atoms with E-state index in [1.807, 2.05) is 0 Å². The van der Waals surface area contributed by atoms with E-state index < -0.39 is 0 Å². The molecule has 0 aliphatic carbocycles. The molecule has 1 aromatic heterocycles. The highest BCUT2D eigenvalue weighted by Crippen LogP contribution is 2.24. The smallest absolute Gasteiger partial charge is 0.150 e. The third kappa shape index (κ3) is 3.55. The lowest BCUT2D eigenvalue weighted by Gasteiger charge is -2.17. The molecule has 5 heteroatoms. The Morgan fingerprint density at radius 3 is 2.67 bits per heavy atom. The lowest BCUT2D eigenvalue weighted by atomic mass is 10.1. The molecule has 84 valence electrons. The fraction of sp³-hybridized carbons (Fsp3) is 0.600. The number of anilines is 2. The van der Waals surface area contributed by atoms with E-state index in [9.17, 15) is 0 Å². The molecule has 0 aromatic carbocycles. The second-order valence-corrected chi connectivity index (χ2v) is 4.47. The van der Waals surface area contributed by atoms with E-state index in [1.165, 1.54) is 6.33 Å².